The van der Waals surface area contributed by atoms with Gasteiger partial charge in [0.25, 0.3) is 5.91 Å². The number of nitrogens with zero attached hydrogens (tertiary/aromatic N) is 3. The Morgan fingerprint density at radius 2 is 1.70 bits per heavy atom. The predicted octanol–water partition coefficient (Wildman–Crippen LogP) is 4.70. The quantitative estimate of drug-likeness (QED) is 0.337. The molecule has 1 aromatic heterocycles. The van der Waals surface area contributed by atoms with E-state index < -0.39 is 0 Å². The molecule has 0 radical (unpaired) electrons. The van der Waals surface area contributed by atoms with Crippen molar-refractivity contribution in [2.75, 3.05) is 0 Å². The van der Waals surface area contributed by atoms with Crippen molar-refractivity contribution in [1.82, 2.24) is 15.2 Å². The number of hydrazone groups is 1. The summed E-state index contributed by atoms with van der Waals surface area (Å²) in [6.45, 7) is 0.459. The van der Waals surface area contributed by atoms with Crippen LogP contribution in [-0.2, 0) is 19.4 Å². The topological polar surface area (TPSA) is 68.5 Å². The Labute approximate surface area is 192 Å². The first kappa shape index (κ1) is 20.7. The van der Waals surface area contributed by atoms with Crippen LogP contribution >= 0.6 is 0 Å². The highest BCUT2D eigenvalue weighted by atomic mass is 16.5. The van der Waals surface area contributed by atoms with Gasteiger partial charge >= 0.3 is 0 Å². The highest BCUT2D eigenvalue weighted by Gasteiger charge is 2.26. The lowest BCUT2D eigenvalue weighted by atomic mass is 10.2. The van der Waals surface area contributed by atoms with Crippen LogP contribution in [0.3, 0.4) is 0 Å². The van der Waals surface area contributed by atoms with Gasteiger partial charge in [-0.05, 0) is 49.1 Å². The lowest BCUT2D eigenvalue weighted by molar-refractivity contribution is 0.0949. The first-order valence-electron chi connectivity index (χ1n) is 11.0. The van der Waals surface area contributed by atoms with Gasteiger partial charge in [0.15, 0.2) is 5.69 Å². The second-order valence-electron chi connectivity index (χ2n) is 7.89. The molecule has 5 rings (SSSR count). The lowest BCUT2D eigenvalue weighted by Gasteiger charge is -2.09. The molecular formula is C27H24N4O2. The fourth-order valence-corrected chi connectivity index (χ4v) is 4.07. The summed E-state index contributed by atoms with van der Waals surface area (Å²) in [5, 5.41) is 8.80. The molecule has 33 heavy (non-hydrogen) atoms. The zero-order valence-electron chi connectivity index (χ0n) is 18.1. The van der Waals surface area contributed by atoms with E-state index in [0.717, 1.165) is 47.3 Å². The summed E-state index contributed by atoms with van der Waals surface area (Å²) in [5.74, 6) is 0.398. The monoisotopic (exact) mass is 436 g/mol. The van der Waals surface area contributed by atoms with Gasteiger partial charge in [0.05, 0.1) is 11.9 Å². The normalized spacial score (nSPS) is 12.6. The fourth-order valence-electron chi connectivity index (χ4n) is 4.07. The molecular weight excluding hydrogens is 412 g/mol. The number of para-hydroxylation sites is 2. The Kier molecular flexibility index (Phi) is 5.97. The van der Waals surface area contributed by atoms with Crippen molar-refractivity contribution in [3.8, 4) is 11.4 Å². The van der Waals surface area contributed by atoms with E-state index in [1.54, 1.807) is 6.21 Å². The van der Waals surface area contributed by atoms with Crippen LogP contribution in [0.2, 0.25) is 0 Å². The Morgan fingerprint density at radius 3 is 2.52 bits per heavy atom. The van der Waals surface area contributed by atoms with E-state index in [4.69, 9.17) is 4.74 Å². The van der Waals surface area contributed by atoms with Crippen LogP contribution in [-0.4, -0.2) is 21.9 Å². The van der Waals surface area contributed by atoms with Crippen molar-refractivity contribution < 1.29 is 9.53 Å². The summed E-state index contributed by atoms with van der Waals surface area (Å²) in [4.78, 5) is 12.9. The number of ether oxygens (including phenoxy) is 1. The maximum atomic E-state index is 12.9. The number of hydrogen-bond donors (Lipinski definition) is 1. The number of benzene rings is 3. The van der Waals surface area contributed by atoms with Crippen molar-refractivity contribution in [3.63, 3.8) is 0 Å². The molecule has 1 N–H and O–H groups in total. The Bertz CT molecular complexity index is 1280. The SMILES string of the molecule is O=C(N/N=C/c1ccccc1OCc1ccccc1)c1nn(-c2ccccc2)c2c1CCC2. The molecule has 4 aromatic rings. The van der Waals surface area contributed by atoms with Gasteiger partial charge in [0.1, 0.15) is 12.4 Å². The molecule has 0 saturated heterocycles. The minimum atomic E-state index is -0.304. The van der Waals surface area contributed by atoms with E-state index >= 15 is 0 Å². The summed E-state index contributed by atoms with van der Waals surface area (Å²) < 4.78 is 7.84. The second kappa shape index (κ2) is 9.53. The molecule has 0 atom stereocenters. The van der Waals surface area contributed by atoms with Gasteiger partial charge in [-0.2, -0.15) is 10.2 Å². The number of rotatable bonds is 7. The first-order chi connectivity index (χ1) is 16.3. The molecule has 3 aromatic carbocycles. The molecule has 0 unspecified atom stereocenters. The number of amides is 1. The van der Waals surface area contributed by atoms with Crippen LogP contribution in [0.5, 0.6) is 5.75 Å². The van der Waals surface area contributed by atoms with Crippen molar-refractivity contribution in [1.29, 1.82) is 0 Å². The first-order valence-corrected chi connectivity index (χ1v) is 11.0. The summed E-state index contributed by atoms with van der Waals surface area (Å²) >= 11 is 0. The Balaban J connectivity index is 1.30. The molecule has 0 saturated carbocycles. The molecule has 1 heterocycles. The maximum absolute atomic E-state index is 12.9. The van der Waals surface area contributed by atoms with E-state index in [2.05, 4.69) is 15.6 Å². The van der Waals surface area contributed by atoms with Crippen LogP contribution in [0, 0.1) is 0 Å². The molecule has 1 aliphatic rings. The number of nitrogens with one attached hydrogen (secondary N) is 1. The minimum Gasteiger partial charge on any atom is -0.488 e. The van der Waals surface area contributed by atoms with E-state index in [-0.39, 0.29) is 5.91 Å². The van der Waals surface area contributed by atoms with Crippen molar-refractivity contribution in [2.24, 2.45) is 5.10 Å². The molecule has 164 valence electrons. The zero-order valence-corrected chi connectivity index (χ0v) is 18.1. The average Bonchev–Trinajstić information content (AvgIpc) is 3.48. The highest BCUT2D eigenvalue weighted by Crippen LogP contribution is 2.27. The van der Waals surface area contributed by atoms with Gasteiger partial charge in [-0.25, -0.2) is 10.1 Å². The molecule has 0 bridgehead atoms. The number of carbonyl (C=O) groups is 1. The molecule has 1 aliphatic carbocycles. The molecule has 1 amide bonds. The third-order valence-electron chi connectivity index (χ3n) is 5.67. The van der Waals surface area contributed by atoms with E-state index in [9.17, 15) is 4.79 Å². The Hall–Kier alpha value is -4.19. The number of aromatic nitrogens is 2. The second-order valence-corrected chi connectivity index (χ2v) is 7.89. The molecule has 0 fully saturated rings. The van der Waals surface area contributed by atoms with Crippen LogP contribution < -0.4 is 10.2 Å². The van der Waals surface area contributed by atoms with E-state index in [1.165, 1.54) is 0 Å². The third-order valence-corrected chi connectivity index (χ3v) is 5.67. The van der Waals surface area contributed by atoms with Gasteiger partial charge in [-0.1, -0.05) is 60.7 Å². The lowest BCUT2D eigenvalue weighted by Crippen LogP contribution is -2.20. The standard InChI is InChI=1S/C27H24N4O2/c32-27(26-23-15-9-16-24(23)31(30-26)22-13-5-2-6-14-22)29-28-18-21-12-7-8-17-25(21)33-19-20-10-3-1-4-11-20/h1-8,10-14,17-18H,9,15-16,19H2,(H,29,32)/b28-18+. The van der Waals surface area contributed by atoms with Crippen LogP contribution in [0.4, 0.5) is 0 Å². The van der Waals surface area contributed by atoms with Crippen molar-refractivity contribution >= 4 is 12.1 Å². The van der Waals surface area contributed by atoms with E-state index in [1.807, 2.05) is 89.6 Å². The van der Waals surface area contributed by atoms with E-state index in [0.29, 0.717) is 18.1 Å². The van der Waals surface area contributed by atoms with Crippen molar-refractivity contribution in [3.05, 3.63) is 113 Å². The number of fused-ring (bicyclic) bond motifs is 1. The number of carbonyl (C=O) groups excluding carboxylic acids is 1. The summed E-state index contributed by atoms with van der Waals surface area (Å²) in [7, 11) is 0. The summed E-state index contributed by atoms with van der Waals surface area (Å²) in [6.07, 6.45) is 4.40. The third kappa shape index (κ3) is 4.55. The van der Waals surface area contributed by atoms with Gasteiger partial charge in [0.2, 0.25) is 0 Å². The maximum Gasteiger partial charge on any atom is 0.292 e. The fraction of sp³-hybridized carbons (Fsp3) is 0.148. The van der Waals surface area contributed by atoms with Crippen LogP contribution in [0.25, 0.3) is 5.69 Å². The van der Waals surface area contributed by atoms with Gasteiger partial charge < -0.3 is 4.74 Å². The van der Waals surface area contributed by atoms with Gasteiger partial charge in [-0.3, -0.25) is 4.79 Å². The summed E-state index contributed by atoms with van der Waals surface area (Å²) in [5.41, 5.74) is 8.03. The molecule has 6 heteroatoms. The van der Waals surface area contributed by atoms with Gasteiger partial charge in [-0.15, -0.1) is 0 Å². The molecule has 6 nitrogen and oxygen atoms in total. The zero-order chi connectivity index (χ0) is 22.5. The highest BCUT2D eigenvalue weighted by molar-refractivity contribution is 5.95. The molecule has 0 spiro atoms. The predicted molar refractivity (Wildman–Crippen MR) is 128 cm³/mol. The smallest absolute Gasteiger partial charge is 0.292 e. The van der Waals surface area contributed by atoms with Crippen LogP contribution in [0.15, 0.2) is 90.0 Å². The largest absolute Gasteiger partial charge is 0.488 e. The van der Waals surface area contributed by atoms with Gasteiger partial charge in [0, 0.05) is 16.8 Å². The average molecular weight is 437 g/mol. The molecule has 0 aliphatic heterocycles. The van der Waals surface area contributed by atoms with Crippen LogP contribution in [0.1, 0.15) is 39.3 Å². The summed E-state index contributed by atoms with van der Waals surface area (Å²) in [6, 6.07) is 27.5. The minimum absolute atomic E-state index is 0.304. The van der Waals surface area contributed by atoms with Crippen molar-refractivity contribution in [2.45, 2.75) is 25.9 Å². The number of hydrogen-bond acceptors (Lipinski definition) is 4. The Morgan fingerprint density at radius 1 is 0.970 bits per heavy atom.